The summed E-state index contributed by atoms with van der Waals surface area (Å²) < 4.78 is 5.93. The smallest absolute Gasteiger partial charge is 0.0575 e. The highest BCUT2D eigenvalue weighted by atomic mass is 16.5. The standard InChI is InChI=1S/C15H33NO/c1-5-7-8-11-15(17-14-6-2)12-9-10-13-16(3)4/h15H,5-14H2,1-4H3. The van der Waals surface area contributed by atoms with Crippen LogP contribution in [0.2, 0.25) is 0 Å². The molecule has 0 saturated carbocycles. The molecule has 0 radical (unpaired) electrons. The molecule has 104 valence electrons. The summed E-state index contributed by atoms with van der Waals surface area (Å²) in [6.45, 7) is 6.59. The van der Waals surface area contributed by atoms with E-state index in [2.05, 4.69) is 32.8 Å². The van der Waals surface area contributed by atoms with Gasteiger partial charge in [-0.2, -0.15) is 0 Å². The van der Waals surface area contributed by atoms with E-state index in [1.807, 2.05) is 0 Å². The number of unbranched alkanes of at least 4 members (excludes halogenated alkanes) is 3. The summed E-state index contributed by atoms with van der Waals surface area (Å²) in [6.07, 6.45) is 10.8. The van der Waals surface area contributed by atoms with Gasteiger partial charge in [0.1, 0.15) is 0 Å². The predicted molar refractivity (Wildman–Crippen MR) is 76.6 cm³/mol. The summed E-state index contributed by atoms with van der Waals surface area (Å²) in [5.41, 5.74) is 0. The van der Waals surface area contributed by atoms with Crippen molar-refractivity contribution in [3.63, 3.8) is 0 Å². The van der Waals surface area contributed by atoms with Crippen molar-refractivity contribution in [2.45, 2.75) is 71.3 Å². The summed E-state index contributed by atoms with van der Waals surface area (Å²) >= 11 is 0. The third kappa shape index (κ3) is 12.2. The van der Waals surface area contributed by atoms with Crippen molar-refractivity contribution in [1.82, 2.24) is 4.90 Å². The van der Waals surface area contributed by atoms with Gasteiger partial charge in [0, 0.05) is 6.61 Å². The Balaban J connectivity index is 3.60. The Kier molecular flexibility index (Phi) is 12.3. The molecule has 0 aliphatic heterocycles. The molecule has 1 atom stereocenters. The van der Waals surface area contributed by atoms with E-state index in [-0.39, 0.29) is 0 Å². The zero-order valence-corrected chi connectivity index (χ0v) is 12.5. The molecule has 17 heavy (non-hydrogen) atoms. The Hall–Kier alpha value is -0.0800. The SMILES string of the molecule is CCCCCC(CCCCN(C)C)OCCC. The zero-order valence-electron chi connectivity index (χ0n) is 12.5. The van der Waals surface area contributed by atoms with Crippen molar-refractivity contribution in [2.75, 3.05) is 27.2 Å². The molecule has 0 aliphatic rings. The molecule has 0 amide bonds. The second kappa shape index (κ2) is 12.4. The molecular weight excluding hydrogens is 210 g/mol. The first-order valence-electron chi connectivity index (χ1n) is 7.47. The fourth-order valence-corrected chi connectivity index (χ4v) is 2.02. The van der Waals surface area contributed by atoms with Crippen molar-refractivity contribution in [1.29, 1.82) is 0 Å². The largest absolute Gasteiger partial charge is 0.378 e. The van der Waals surface area contributed by atoms with Crippen LogP contribution in [0, 0.1) is 0 Å². The minimum Gasteiger partial charge on any atom is -0.378 e. The van der Waals surface area contributed by atoms with E-state index >= 15 is 0 Å². The summed E-state index contributed by atoms with van der Waals surface area (Å²) in [6, 6.07) is 0. The molecule has 0 rings (SSSR count). The lowest BCUT2D eigenvalue weighted by molar-refractivity contribution is 0.0384. The van der Waals surface area contributed by atoms with E-state index in [9.17, 15) is 0 Å². The highest BCUT2D eigenvalue weighted by molar-refractivity contribution is 4.60. The van der Waals surface area contributed by atoms with E-state index in [1.54, 1.807) is 0 Å². The minimum absolute atomic E-state index is 0.517. The Morgan fingerprint density at radius 3 is 2.06 bits per heavy atom. The lowest BCUT2D eigenvalue weighted by Gasteiger charge is -2.18. The van der Waals surface area contributed by atoms with Gasteiger partial charge in [-0.25, -0.2) is 0 Å². The molecule has 1 unspecified atom stereocenters. The number of ether oxygens (including phenoxy) is 1. The van der Waals surface area contributed by atoms with Crippen LogP contribution in [0.25, 0.3) is 0 Å². The van der Waals surface area contributed by atoms with Crippen molar-refractivity contribution in [3.05, 3.63) is 0 Å². The third-order valence-corrected chi connectivity index (χ3v) is 3.07. The third-order valence-electron chi connectivity index (χ3n) is 3.07. The molecule has 0 bridgehead atoms. The van der Waals surface area contributed by atoms with Crippen LogP contribution in [0.1, 0.15) is 65.2 Å². The van der Waals surface area contributed by atoms with Crippen LogP contribution >= 0.6 is 0 Å². The highest BCUT2D eigenvalue weighted by Gasteiger charge is 2.08. The van der Waals surface area contributed by atoms with Crippen LogP contribution in [0.3, 0.4) is 0 Å². The van der Waals surface area contributed by atoms with Crippen LogP contribution in [0.15, 0.2) is 0 Å². The second-order valence-corrected chi connectivity index (χ2v) is 5.29. The number of rotatable bonds is 12. The lowest BCUT2D eigenvalue weighted by atomic mass is 10.0. The monoisotopic (exact) mass is 243 g/mol. The van der Waals surface area contributed by atoms with Gasteiger partial charge in [-0.15, -0.1) is 0 Å². The van der Waals surface area contributed by atoms with Crippen LogP contribution < -0.4 is 0 Å². The van der Waals surface area contributed by atoms with Crippen LogP contribution in [0.5, 0.6) is 0 Å². The minimum atomic E-state index is 0.517. The maximum Gasteiger partial charge on any atom is 0.0575 e. The van der Waals surface area contributed by atoms with Gasteiger partial charge in [-0.3, -0.25) is 0 Å². The van der Waals surface area contributed by atoms with Gasteiger partial charge in [0.2, 0.25) is 0 Å². The average molecular weight is 243 g/mol. The summed E-state index contributed by atoms with van der Waals surface area (Å²) in [5, 5.41) is 0. The highest BCUT2D eigenvalue weighted by Crippen LogP contribution is 2.14. The molecule has 0 N–H and O–H groups in total. The molecule has 0 fully saturated rings. The maximum atomic E-state index is 5.93. The predicted octanol–water partition coefficient (Wildman–Crippen LogP) is 4.09. The number of hydrogen-bond donors (Lipinski definition) is 0. The normalized spacial score (nSPS) is 13.2. The Labute approximate surface area is 109 Å². The van der Waals surface area contributed by atoms with E-state index in [0.29, 0.717) is 6.10 Å². The van der Waals surface area contributed by atoms with Gasteiger partial charge < -0.3 is 9.64 Å². The first-order chi connectivity index (χ1) is 8.20. The lowest BCUT2D eigenvalue weighted by Crippen LogP contribution is -2.16. The van der Waals surface area contributed by atoms with Gasteiger partial charge >= 0.3 is 0 Å². The van der Waals surface area contributed by atoms with Crippen molar-refractivity contribution >= 4 is 0 Å². The van der Waals surface area contributed by atoms with Gasteiger partial charge in [-0.1, -0.05) is 33.1 Å². The van der Waals surface area contributed by atoms with Crippen LogP contribution in [-0.4, -0.2) is 38.3 Å². The average Bonchev–Trinajstić information content (AvgIpc) is 2.30. The first-order valence-corrected chi connectivity index (χ1v) is 7.47. The van der Waals surface area contributed by atoms with Gasteiger partial charge in [-0.05, 0) is 52.7 Å². The summed E-state index contributed by atoms with van der Waals surface area (Å²) in [7, 11) is 4.29. The molecular formula is C15H33NO. The number of hydrogen-bond acceptors (Lipinski definition) is 2. The molecule has 0 spiro atoms. The molecule has 0 aliphatic carbocycles. The van der Waals surface area contributed by atoms with Crippen molar-refractivity contribution in [2.24, 2.45) is 0 Å². The Morgan fingerprint density at radius 2 is 1.53 bits per heavy atom. The first kappa shape index (κ1) is 16.9. The Morgan fingerprint density at radius 1 is 0.882 bits per heavy atom. The van der Waals surface area contributed by atoms with Crippen molar-refractivity contribution < 1.29 is 4.74 Å². The quantitative estimate of drug-likeness (QED) is 0.479. The van der Waals surface area contributed by atoms with Gasteiger partial charge in [0.05, 0.1) is 6.10 Å². The number of nitrogens with zero attached hydrogens (tertiary/aromatic N) is 1. The van der Waals surface area contributed by atoms with E-state index in [1.165, 1.54) is 51.5 Å². The molecule has 0 aromatic carbocycles. The summed E-state index contributed by atoms with van der Waals surface area (Å²) in [5.74, 6) is 0. The van der Waals surface area contributed by atoms with Gasteiger partial charge in [0.25, 0.3) is 0 Å². The summed E-state index contributed by atoms with van der Waals surface area (Å²) in [4.78, 5) is 2.26. The second-order valence-electron chi connectivity index (χ2n) is 5.29. The van der Waals surface area contributed by atoms with Crippen molar-refractivity contribution in [3.8, 4) is 0 Å². The topological polar surface area (TPSA) is 12.5 Å². The maximum absolute atomic E-state index is 5.93. The Bertz CT molecular complexity index is 148. The van der Waals surface area contributed by atoms with E-state index < -0.39 is 0 Å². The molecule has 0 saturated heterocycles. The molecule has 0 heterocycles. The molecule has 0 aromatic rings. The fourth-order valence-electron chi connectivity index (χ4n) is 2.02. The molecule has 2 nitrogen and oxygen atoms in total. The molecule has 2 heteroatoms. The van der Waals surface area contributed by atoms with Crippen LogP contribution in [-0.2, 0) is 4.74 Å². The van der Waals surface area contributed by atoms with Crippen LogP contribution in [0.4, 0.5) is 0 Å². The van der Waals surface area contributed by atoms with E-state index in [4.69, 9.17) is 4.74 Å². The van der Waals surface area contributed by atoms with E-state index in [0.717, 1.165) is 13.0 Å². The molecule has 0 aromatic heterocycles. The zero-order chi connectivity index (χ0) is 12.9. The fraction of sp³-hybridized carbons (Fsp3) is 1.00. The van der Waals surface area contributed by atoms with Gasteiger partial charge in [0.15, 0.2) is 0 Å².